The van der Waals surface area contributed by atoms with E-state index in [1.807, 2.05) is 0 Å². The van der Waals surface area contributed by atoms with Crippen molar-refractivity contribution in [2.75, 3.05) is 4.55 Å². The van der Waals surface area contributed by atoms with Crippen LogP contribution in [0.1, 0.15) is 0 Å². The van der Waals surface area contributed by atoms with Gasteiger partial charge in [-0.1, -0.05) is 0 Å². The van der Waals surface area contributed by atoms with Gasteiger partial charge in [-0.05, 0) is 0 Å². The van der Waals surface area contributed by atoms with Crippen molar-refractivity contribution < 1.29 is 26.7 Å². The molecule has 0 aliphatic heterocycles. The number of halogens is 1. The molecule has 0 aromatic carbocycles. The van der Waals surface area contributed by atoms with Crippen LogP contribution in [0.2, 0.25) is 0 Å². The molecule has 0 aromatic rings. The summed E-state index contributed by atoms with van der Waals surface area (Å²) in [4.78, 5) is 18.5. The Bertz CT molecular complexity index is 47.5. The zero-order chi connectivity index (χ0) is 4.83. The molecular formula is CH3IN2O2. The Morgan fingerprint density at radius 3 is 2.67 bits per heavy atom. The fourth-order valence-corrected chi connectivity index (χ4v) is 0.327. The maximum atomic E-state index is 9.27. The van der Waals surface area contributed by atoms with Crippen LogP contribution >= 0.6 is 0 Å². The van der Waals surface area contributed by atoms with Crippen molar-refractivity contribution in [1.29, 1.82) is 0 Å². The van der Waals surface area contributed by atoms with Crippen molar-refractivity contribution in [2.24, 2.45) is 3.39 Å². The molecule has 0 heterocycles. The van der Waals surface area contributed by atoms with E-state index in [0.717, 1.165) is 0 Å². The third-order valence-electron chi connectivity index (χ3n) is 0.163. The van der Waals surface area contributed by atoms with Gasteiger partial charge in [0, 0.05) is 0 Å². The summed E-state index contributed by atoms with van der Waals surface area (Å²) in [6.45, 7) is 0. The maximum absolute atomic E-state index is 9.27. The molecule has 0 aliphatic carbocycles. The van der Waals surface area contributed by atoms with Gasteiger partial charge >= 0.3 is 44.4 Å². The Morgan fingerprint density at radius 1 is 1.83 bits per heavy atom. The minimum atomic E-state index is -0.726. The van der Waals surface area contributed by atoms with Gasteiger partial charge in [0.05, 0.1) is 0 Å². The van der Waals surface area contributed by atoms with Crippen molar-refractivity contribution in [3.8, 4) is 0 Å². The average molecular weight is 202 g/mol. The summed E-state index contributed by atoms with van der Waals surface area (Å²) in [7, 11) is 0. The van der Waals surface area contributed by atoms with E-state index in [1.165, 1.54) is 0 Å². The molecule has 5 heteroatoms. The van der Waals surface area contributed by atoms with Crippen LogP contribution in [0.3, 0.4) is 0 Å². The predicted molar refractivity (Wildman–Crippen MR) is 15.0 cm³/mol. The first kappa shape index (κ1) is 5.93. The normalized spacial score (nSPS) is 8.00. The number of hydrogen-bond donors (Lipinski definition) is 1. The quantitative estimate of drug-likeness (QED) is 0.165. The molecule has 0 radical (unpaired) electrons. The van der Waals surface area contributed by atoms with E-state index in [0.29, 0.717) is 0 Å². The molecule has 0 rings (SSSR count). The fraction of sp³-hybridized carbons (Fsp3) is 1.00. The average Bonchev–Trinajstić information content (AvgIpc) is 1.61. The zero-order valence-electron chi connectivity index (χ0n) is 2.85. The summed E-state index contributed by atoms with van der Waals surface area (Å²) in [5.41, 5.74) is 0. The molecule has 0 aliphatic rings. The summed E-state index contributed by atoms with van der Waals surface area (Å²) < 4.78 is 2.76. The summed E-state index contributed by atoms with van der Waals surface area (Å²) in [5, 5.41) is 1.57. The SMILES string of the molecule is O=N[I-]C[NH+]=O. The molecule has 0 bridgehead atoms. The Labute approximate surface area is 44.9 Å². The molecule has 36 valence electrons. The van der Waals surface area contributed by atoms with Crippen molar-refractivity contribution in [3.05, 3.63) is 9.81 Å². The van der Waals surface area contributed by atoms with Crippen LogP contribution in [-0.2, 0) is 0 Å². The first-order valence-electron chi connectivity index (χ1n) is 1.18. The fourth-order valence-electron chi connectivity index (χ4n) is 0.0488. The standard InChI is InChI=1S/CH2IN2O2/c5-3-1-2-4-6/h1H2/q-1/p+1. The van der Waals surface area contributed by atoms with E-state index in [9.17, 15) is 9.81 Å². The van der Waals surface area contributed by atoms with Gasteiger partial charge < -0.3 is 0 Å². The summed E-state index contributed by atoms with van der Waals surface area (Å²) in [5.74, 6) is 0. The second kappa shape index (κ2) is 4.93. The van der Waals surface area contributed by atoms with Gasteiger partial charge in [0.25, 0.3) is 0 Å². The topological polar surface area (TPSA) is 60.5 Å². The molecule has 0 aromatic heterocycles. The first-order valence-corrected chi connectivity index (χ1v) is 3.67. The summed E-state index contributed by atoms with van der Waals surface area (Å²) >= 11 is -0.726. The van der Waals surface area contributed by atoms with Gasteiger partial charge in [-0.3, -0.25) is 0 Å². The molecule has 0 saturated carbocycles. The Kier molecular flexibility index (Phi) is 4.87. The van der Waals surface area contributed by atoms with Crippen LogP contribution < -0.4 is 26.7 Å². The number of alkyl halides is 1. The number of hydrogen-bond acceptors (Lipinski definition) is 3. The molecule has 0 unspecified atom stereocenters. The van der Waals surface area contributed by atoms with Crippen molar-refractivity contribution in [1.82, 2.24) is 0 Å². The molecule has 6 heavy (non-hydrogen) atoms. The van der Waals surface area contributed by atoms with Crippen molar-refractivity contribution in [3.63, 3.8) is 0 Å². The van der Waals surface area contributed by atoms with Crippen LogP contribution in [0.25, 0.3) is 0 Å². The third-order valence-corrected chi connectivity index (χ3v) is 1.09. The van der Waals surface area contributed by atoms with Crippen LogP contribution in [0.15, 0.2) is 3.39 Å². The molecule has 0 spiro atoms. The van der Waals surface area contributed by atoms with E-state index >= 15 is 0 Å². The number of nitroso groups, excluding NO2 is 2. The van der Waals surface area contributed by atoms with E-state index in [4.69, 9.17) is 0 Å². The van der Waals surface area contributed by atoms with E-state index in [1.54, 1.807) is 5.18 Å². The van der Waals surface area contributed by atoms with Crippen LogP contribution in [-0.4, -0.2) is 4.55 Å². The monoisotopic (exact) mass is 202 g/mol. The molecule has 4 nitrogen and oxygen atoms in total. The Hall–Kier alpha value is -0.0700. The van der Waals surface area contributed by atoms with Crippen LogP contribution in [0.5, 0.6) is 0 Å². The Morgan fingerprint density at radius 2 is 2.50 bits per heavy atom. The summed E-state index contributed by atoms with van der Waals surface area (Å²) in [6.07, 6.45) is 0. The molecule has 0 amide bonds. The number of rotatable bonds is 3. The summed E-state index contributed by atoms with van der Waals surface area (Å²) in [6, 6.07) is 0. The van der Waals surface area contributed by atoms with Gasteiger partial charge in [0.2, 0.25) is 0 Å². The second-order valence-electron chi connectivity index (χ2n) is 0.466. The first-order chi connectivity index (χ1) is 2.91. The molecule has 0 saturated heterocycles. The van der Waals surface area contributed by atoms with Gasteiger partial charge in [-0.25, -0.2) is 0 Å². The van der Waals surface area contributed by atoms with E-state index in [-0.39, 0.29) is 4.55 Å². The van der Waals surface area contributed by atoms with Gasteiger partial charge in [-0.15, -0.1) is 0 Å². The van der Waals surface area contributed by atoms with E-state index in [2.05, 4.69) is 3.39 Å². The van der Waals surface area contributed by atoms with Gasteiger partial charge in [-0.2, -0.15) is 0 Å². The molecular weight excluding hydrogens is 199 g/mol. The minimum absolute atomic E-state index is 0.238. The Balaban J connectivity index is 2.66. The van der Waals surface area contributed by atoms with Crippen LogP contribution in [0, 0.1) is 9.81 Å². The van der Waals surface area contributed by atoms with Crippen molar-refractivity contribution >= 4 is 0 Å². The molecule has 0 atom stereocenters. The zero-order valence-corrected chi connectivity index (χ0v) is 5.01. The number of nitrogens with zero attached hydrogens (tertiary/aromatic N) is 1. The second-order valence-corrected chi connectivity index (χ2v) is 2.31. The number of nitrogens with one attached hydrogen (secondary N) is 1. The third kappa shape index (κ3) is 3.93. The van der Waals surface area contributed by atoms with E-state index < -0.39 is 21.5 Å². The van der Waals surface area contributed by atoms with Crippen LogP contribution in [0.4, 0.5) is 0 Å². The van der Waals surface area contributed by atoms with Gasteiger partial charge in [0.1, 0.15) is 0 Å². The van der Waals surface area contributed by atoms with Crippen molar-refractivity contribution in [2.45, 2.75) is 0 Å². The molecule has 0 fully saturated rings. The van der Waals surface area contributed by atoms with Gasteiger partial charge in [0.15, 0.2) is 0 Å². The molecule has 1 N–H and O–H groups in total. The predicted octanol–water partition coefficient (Wildman–Crippen LogP) is -4.44.